The van der Waals surface area contributed by atoms with Gasteiger partial charge in [-0.1, -0.05) is 12.8 Å². The fraction of sp³-hybridized carbons (Fsp3) is 0.529. The lowest BCUT2D eigenvalue weighted by molar-refractivity contribution is -0.116. The minimum atomic E-state index is -0.0414. The number of anilines is 1. The van der Waals surface area contributed by atoms with Crippen LogP contribution in [0, 0.1) is 0 Å². The smallest absolute Gasteiger partial charge is 0.251 e. The Balaban J connectivity index is 0.00000264. The molecule has 1 aliphatic carbocycles. The molecule has 2 amide bonds. The maximum Gasteiger partial charge on any atom is 0.251 e. The molecule has 0 spiro atoms. The summed E-state index contributed by atoms with van der Waals surface area (Å²) in [5.41, 5.74) is 6.79. The van der Waals surface area contributed by atoms with Crippen LogP contribution in [0.2, 0.25) is 0 Å². The van der Waals surface area contributed by atoms with Crippen molar-refractivity contribution in [2.24, 2.45) is 5.73 Å². The Bertz CT molecular complexity index is 501. The van der Waals surface area contributed by atoms with Crippen LogP contribution >= 0.6 is 12.4 Å². The van der Waals surface area contributed by atoms with Crippen molar-refractivity contribution < 1.29 is 9.59 Å². The predicted octanol–water partition coefficient (Wildman–Crippen LogP) is 2.85. The largest absolute Gasteiger partial charge is 0.349 e. The SMILES string of the molecule is Cl.NCCCCCCC(=O)Nc1ccc(C(=O)NC2CC2)cc1. The third kappa shape index (κ3) is 7.48. The van der Waals surface area contributed by atoms with E-state index < -0.39 is 0 Å². The molecule has 0 aromatic heterocycles. The topological polar surface area (TPSA) is 84.2 Å². The van der Waals surface area contributed by atoms with Crippen LogP contribution < -0.4 is 16.4 Å². The third-order valence-electron chi connectivity index (χ3n) is 3.70. The molecule has 128 valence electrons. The summed E-state index contributed by atoms with van der Waals surface area (Å²) in [7, 11) is 0. The number of benzene rings is 1. The molecule has 0 saturated heterocycles. The normalized spacial score (nSPS) is 13.1. The van der Waals surface area contributed by atoms with Crippen LogP contribution in [0.5, 0.6) is 0 Å². The van der Waals surface area contributed by atoms with Gasteiger partial charge in [-0.25, -0.2) is 0 Å². The molecule has 2 rings (SSSR count). The van der Waals surface area contributed by atoms with Crippen molar-refractivity contribution in [2.75, 3.05) is 11.9 Å². The van der Waals surface area contributed by atoms with E-state index in [2.05, 4.69) is 10.6 Å². The van der Waals surface area contributed by atoms with Crippen molar-refractivity contribution in [1.29, 1.82) is 0 Å². The van der Waals surface area contributed by atoms with E-state index in [0.29, 0.717) is 24.6 Å². The maximum absolute atomic E-state index is 11.8. The van der Waals surface area contributed by atoms with E-state index in [1.165, 1.54) is 0 Å². The van der Waals surface area contributed by atoms with Gasteiger partial charge >= 0.3 is 0 Å². The highest BCUT2D eigenvalue weighted by molar-refractivity contribution is 5.96. The van der Waals surface area contributed by atoms with Gasteiger partial charge in [0.25, 0.3) is 5.91 Å². The first kappa shape index (κ1) is 19.5. The lowest BCUT2D eigenvalue weighted by atomic mass is 10.1. The summed E-state index contributed by atoms with van der Waals surface area (Å²) in [6.07, 6.45) is 6.68. The number of hydrogen-bond acceptors (Lipinski definition) is 3. The number of amides is 2. The minimum Gasteiger partial charge on any atom is -0.349 e. The zero-order valence-electron chi connectivity index (χ0n) is 13.3. The molecule has 5 nitrogen and oxygen atoms in total. The van der Waals surface area contributed by atoms with Gasteiger partial charge in [-0.05, 0) is 56.5 Å². The Morgan fingerprint density at radius 3 is 2.30 bits per heavy atom. The maximum atomic E-state index is 11.8. The summed E-state index contributed by atoms with van der Waals surface area (Å²) < 4.78 is 0. The summed E-state index contributed by atoms with van der Waals surface area (Å²) >= 11 is 0. The van der Waals surface area contributed by atoms with Gasteiger partial charge in [-0.15, -0.1) is 12.4 Å². The zero-order chi connectivity index (χ0) is 15.8. The van der Waals surface area contributed by atoms with Crippen LogP contribution in [0.15, 0.2) is 24.3 Å². The van der Waals surface area contributed by atoms with Crippen LogP contribution in [0.25, 0.3) is 0 Å². The van der Waals surface area contributed by atoms with Crippen molar-refractivity contribution in [3.8, 4) is 0 Å². The van der Waals surface area contributed by atoms with E-state index in [1.54, 1.807) is 24.3 Å². The molecule has 1 fully saturated rings. The fourth-order valence-corrected chi connectivity index (χ4v) is 2.21. The van der Waals surface area contributed by atoms with Gasteiger partial charge < -0.3 is 16.4 Å². The molecular formula is C17H26ClN3O2. The highest BCUT2D eigenvalue weighted by atomic mass is 35.5. The average Bonchev–Trinajstić information content (AvgIpc) is 3.31. The van der Waals surface area contributed by atoms with Crippen molar-refractivity contribution in [3.05, 3.63) is 29.8 Å². The van der Waals surface area contributed by atoms with E-state index in [4.69, 9.17) is 5.73 Å². The number of hydrogen-bond donors (Lipinski definition) is 3. The first-order valence-corrected chi connectivity index (χ1v) is 8.10. The molecule has 4 N–H and O–H groups in total. The quantitative estimate of drug-likeness (QED) is 0.605. The Morgan fingerprint density at radius 1 is 1.04 bits per heavy atom. The number of halogens is 1. The van der Waals surface area contributed by atoms with Gasteiger partial charge in [0.2, 0.25) is 5.91 Å². The number of unbranched alkanes of at least 4 members (excludes halogenated alkanes) is 3. The van der Waals surface area contributed by atoms with Crippen molar-refractivity contribution in [3.63, 3.8) is 0 Å². The number of carbonyl (C=O) groups excluding carboxylic acids is 2. The van der Waals surface area contributed by atoms with Gasteiger partial charge in [0.15, 0.2) is 0 Å². The minimum absolute atomic E-state index is 0. The average molecular weight is 340 g/mol. The molecule has 0 atom stereocenters. The van der Waals surface area contributed by atoms with E-state index in [1.807, 2.05) is 0 Å². The van der Waals surface area contributed by atoms with Crippen LogP contribution in [0.1, 0.15) is 55.3 Å². The Hall–Kier alpha value is -1.59. The second-order valence-corrected chi connectivity index (χ2v) is 5.83. The van der Waals surface area contributed by atoms with Gasteiger partial charge in [-0.3, -0.25) is 9.59 Å². The summed E-state index contributed by atoms with van der Waals surface area (Å²) in [4.78, 5) is 23.7. The van der Waals surface area contributed by atoms with E-state index in [9.17, 15) is 9.59 Å². The molecule has 6 heteroatoms. The number of carbonyl (C=O) groups is 2. The van der Waals surface area contributed by atoms with Gasteiger partial charge in [0.1, 0.15) is 0 Å². The fourth-order valence-electron chi connectivity index (χ4n) is 2.21. The molecule has 1 saturated carbocycles. The molecule has 0 unspecified atom stereocenters. The van der Waals surface area contributed by atoms with Gasteiger partial charge in [0.05, 0.1) is 0 Å². The molecule has 1 aromatic rings. The van der Waals surface area contributed by atoms with E-state index >= 15 is 0 Å². The molecule has 1 aliphatic rings. The number of nitrogens with two attached hydrogens (primary N) is 1. The summed E-state index contributed by atoms with van der Waals surface area (Å²) in [6, 6.07) is 7.39. The van der Waals surface area contributed by atoms with Gasteiger partial charge in [0, 0.05) is 23.7 Å². The second-order valence-electron chi connectivity index (χ2n) is 5.83. The molecule has 0 bridgehead atoms. The predicted molar refractivity (Wildman–Crippen MR) is 94.9 cm³/mol. The standard InChI is InChI=1S/C17H25N3O2.ClH/c18-12-4-2-1-3-5-16(21)19-14-8-6-13(7-9-14)17(22)20-15-10-11-15;/h6-9,15H,1-5,10-12,18H2,(H,19,21)(H,20,22);1H. The molecule has 23 heavy (non-hydrogen) atoms. The van der Waals surface area contributed by atoms with Gasteiger partial charge in [-0.2, -0.15) is 0 Å². The van der Waals surface area contributed by atoms with Crippen molar-refractivity contribution >= 4 is 29.9 Å². The summed E-state index contributed by atoms with van der Waals surface area (Å²) in [5.74, 6) is -0.0248. The second kappa shape index (κ2) is 10.2. The van der Waals surface area contributed by atoms with E-state index in [0.717, 1.165) is 44.2 Å². The molecule has 0 radical (unpaired) electrons. The van der Waals surface area contributed by atoms with Crippen molar-refractivity contribution in [1.82, 2.24) is 5.32 Å². The molecular weight excluding hydrogens is 314 g/mol. The summed E-state index contributed by atoms with van der Waals surface area (Å²) in [5, 5.41) is 5.80. The van der Waals surface area contributed by atoms with Crippen LogP contribution in [0.3, 0.4) is 0 Å². The van der Waals surface area contributed by atoms with Crippen molar-refractivity contribution in [2.45, 2.75) is 51.0 Å². The lowest BCUT2D eigenvalue weighted by Crippen LogP contribution is -2.25. The van der Waals surface area contributed by atoms with Crippen LogP contribution in [-0.4, -0.2) is 24.4 Å². The molecule has 0 aliphatic heterocycles. The highest BCUT2D eigenvalue weighted by Gasteiger charge is 2.23. The Kier molecular flexibility index (Phi) is 8.66. The zero-order valence-corrected chi connectivity index (χ0v) is 14.2. The Labute approximate surface area is 143 Å². The summed E-state index contributed by atoms with van der Waals surface area (Å²) in [6.45, 7) is 0.715. The lowest BCUT2D eigenvalue weighted by Gasteiger charge is -2.07. The first-order valence-electron chi connectivity index (χ1n) is 8.10. The van der Waals surface area contributed by atoms with E-state index in [-0.39, 0.29) is 24.2 Å². The van der Waals surface area contributed by atoms with Crippen LogP contribution in [-0.2, 0) is 4.79 Å². The Morgan fingerprint density at radius 2 is 1.70 bits per heavy atom. The van der Waals surface area contributed by atoms with Crippen LogP contribution in [0.4, 0.5) is 5.69 Å². The highest BCUT2D eigenvalue weighted by Crippen LogP contribution is 2.19. The number of nitrogens with one attached hydrogen (secondary N) is 2. The monoisotopic (exact) mass is 339 g/mol. The third-order valence-corrected chi connectivity index (χ3v) is 3.70. The first-order chi connectivity index (χ1) is 10.7. The molecule has 0 heterocycles. The number of rotatable bonds is 9. The molecule has 1 aromatic carbocycles.